The number of anilines is 1. The Morgan fingerprint density at radius 3 is 2.62 bits per heavy atom. The van der Waals surface area contributed by atoms with Crippen LogP contribution in [-0.4, -0.2) is 37.4 Å². The summed E-state index contributed by atoms with van der Waals surface area (Å²) in [6, 6.07) is 10.9. The molecule has 2 aliphatic rings. The van der Waals surface area contributed by atoms with E-state index in [0.717, 1.165) is 77.5 Å². The number of hydrogen-bond donors (Lipinski definition) is 2. The molecular formula is C25H26N6O. The highest BCUT2D eigenvalue weighted by Crippen LogP contribution is 2.38. The molecule has 7 nitrogen and oxygen atoms in total. The van der Waals surface area contributed by atoms with Crippen LogP contribution in [0.25, 0.3) is 27.7 Å². The van der Waals surface area contributed by atoms with Gasteiger partial charge in [0.1, 0.15) is 6.33 Å². The lowest BCUT2D eigenvalue weighted by Gasteiger charge is -2.29. The van der Waals surface area contributed by atoms with Gasteiger partial charge >= 0.3 is 0 Å². The molecule has 3 heterocycles. The molecule has 32 heavy (non-hydrogen) atoms. The van der Waals surface area contributed by atoms with Crippen molar-refractivity contribution in [2.45, 2.75) is 50.6 Å². The Bertz CT molecular complexity index is 1320. The van der Waals surface area contributed by atoms with Crippen LogP contribution >= 0.6 is 0 Å². The van der Waals surface area contributed by atoms with Crippen LogP contribution in [0.1, 0.15) is 48.9 Å². The average molecular weight is 427 g/mol. The van der Waals surface area contributed by atoms with Gasteiger partial charge in [-0.1, -0.05) is 6.07 Å². The van der Waals surface area contributed by atoms with E-state index in [0.29, 0.717) is 6.04 Å². The maximum atomic E-state index is 13.1. The lowest BCUT2D eigenvalue weighted by atomic mass is 9.91. The monoisotopic (exact) mass is 426 g/mol. The number of nitrogens with zero attached hydrogens (tertiary/aromatic N) is 4. The first kappa shape index (κ1) is 19.4. The SMILES string of the molecule is NC1CCC(Nc2c(C(=O)C3CC3)cnc3ccc(-c4ccc5ncnn5c4)cc23)CC1. The van der Waals surface area contributed by atoms with Crippen molar-refractivity contribution >= 4 is 28.0 Å². The number of benzene rings is 1. The summed E-state index contributed by atoms with van der Waals surface area (Å²) >= 11 is 0. The number of fused-ring (bicyclic) bond motifs is 2. The number of hydrogen-bond acceptors (Lipinski definition) is 6. The van der Waals surface area contributed by atoms with Crippen molar-refractivity contribution in [3.63, 3.8) is 0 Å². The molecule has 0 aliphatic heterocycles. The second kappa shape index (κ2) is 7.67. The third kappa shape index (κ3) is 3.52. The minimum Gasteiger partial charge on any atom is -0.381 e. The molecule has 6 rings (SSSR count). The highest BCUT2D eigenvalue weighted by molar-refractivity contribution is 6.10. The van der Waals surface area contributed by atoms with E-state index in [9.17, 15) is 4.79 Å². The van der Waals surface area contributed by atoms with Gasteiger partial charge in [0.25, 0.3) is 0 Å². The fourth-order valence-electron chi connectivity index (χ4n) is 4.74. The summed E-state index contributed by atoms with van der Waals surface area (Å²) in [4.78, 5) is 22.0. The predicted octanol–water partition coefficient (Wildman–Crippen LogP) is 4.22. The zero-order valence-corrected chi connectivity index (χ0v) is 17.9. The van der Waals surface area contributed by atoms with E-state index in [1.807, 2.05) is 24.4 Å². The molecule has 3 N–H and O–H groups in total. The van der Waals surface area contributed by atoms with Gasteiger partial charge in [-0.15, -0.1) is 0 Å². The van der Waals surface area contributed by atoms with Crippen molar-refractivity contribution in [3.05, 3.63) is 54.6 Å². The Labute approximate surface area is 186 Å². The van der Waals surface area contributed by atoms with Gasteiger partial charge in [-0.25, -0.2) is 9.50 Å². The van der Waals surface area contributed by atoms with Crippen LogP contribution in [-0.2, 0) is 0 Å². The summed E-state index contributed by atoms with van der Waals surface area (Å²) < 4.78 is 1.77. The van der Waals surface area contributed by atoms with Crippen LogP contribution in [0.15, 0.2) is 49.1 Å². The fourth-order valence-corrected chi connectivity index (χ4v) is 4.74. The van der Waals surface area contributed by atoms with E-state index in [2.05, 4.69) is 32.5 Å². The predicted molar refractivity (Wildman–Crippen MR) is 125 cm³/mol. The quantitative estimate of drug-likeness (QED) is 0.464. The summed E-state index contributed by atoms with van der Waals surface area (Å²) in [5.41, 5.74) is 11.6. The van der Waals surface area contributed by atoms with E-state index in [1.54, 1.807) is 17.0 Å². The largest absolute Gasteiger partial charge is 0.381 e. The van der Waals surface area contributed by atoms with Crippen LogP contribution in [0.4, 0.5) is 5.69 Å². The molecule has 0 atom stereocenters. The fraction of sp³-hybridized carbons (Fsp3) is 0.360. The first-order chi connectivity index (χ1) is 15.7. The van der Waals surface area contributed by atoms with Gasteiger partial charge < -0.3 is 11.1 Å². The third-order valence-corrected chi connectivity index (χ3v) is 6.81. The number of aromatic nitrogens is 4. The Morgan fingerprint density at radius 2 is 1.81 bits per heavy atom. The number of nitrogens with two attached hydrogens (primary N) is 1. The molecular weight excluding hydrogens is 400 g/mol. The standard InChI is InChI=1S/C25H26N6O/c26-18-5-7-19(8-6-18)30-24-20-11-16(17-4-10-23-28-14-29-31(23)13-17)3-9-22(20)27-12-21(24)25(32)15-1-2-15/h3-4,9-15,18-19H,1-2,5-8,26H2,(H,27,30). The van der Waals surface area contributed by atoms with E-state index in [1.165, 1.54) is 0 Å². The third-order valence-electron chi connectivity index (χ3n) is 6.81. The normalized spacial score (nSPS) is 21.2. The smallest absolute Gasteiger partial charge is 0.169 e. The van der Waals surface area contributed by atoms with E-state index in [-0.39, 0.29) is 17.7 Å². The van der Waals surface area contributed by atoms with Gasteiger partial charge in [-0.3, -0.25) is 9.78 Å². The van der Waals surface area contributed by atoms with Crippen molar-refractivity contribution in [1.29, 1.82) is 0 Å². The zero-order valence-electron chi connectivity index (χ0n) is 17.9. The molecule has 0 bridgehead atoms. The molecule has 4 aromatic rings. The van der Waals surface area contributed by atoms with Crippen molar-refractivity contribution in [2.24, 2.45) is 11.7 Å². The average Bonchev–Trinajstić information content (AvgIpc) is 3.57. The molecule has 3 aromatic heterocycles. The van der Waals surface area contributed by atoms with Crippen LogP contribution in [0.2, 0.25) is 0 Å². The van der Waals surface area contributed by atoms with E-state index >= 15 is 0 Å². The van der Waals surface area contributed by atoms with Crippen molar-refractivity contribution in [3.8, 4) is 11.1 Å². The maximum Gasteiger partial charge on any atom is 0.169 e. The molecule has 1 aromatic carbocycles. The molecule has 0 spiro atoms. The molecule has 162 valence electrons. The van der Waals surface area contributed by atoms with Gasteiger partial charge in [0.15, 0.2) is 11.4 Å². The molecule has 7 heteroatoms. The highest BCUT2D eigenvalue weighted by atomic mass is 16.1. The minimum absolute atomic E-state index is 0.146. The van der Waals surface area contributed by atoms with Gasteiger partial charge in [0.2, 0.25) is 0 Å². The second-order valence-electron chi connectivity index (χ2n) is 9.15. The van der Waals surface area contributed by atoms with Gasteiger partial charge in [-0.05, 0) is 68.4 Å². The number of carbonyl (C=O) groups excluding carboxylic acids is 1. The topological polar surface area (TPSA) is 98.2 Å². The number of rotatable bonds is 5. The summed E-state index contributed by atoms with van der Waals surface area (Å²) in [5, 5.41) is 8.98. The van der Waals surface area contributed by atoms with E-state index in [4.69, 9.17) is 5.73 Å². The second-order valence-corrected chi connectivity index (χ2v) is 9.15. The molecule has 0 saturated heterocycles. The summed E-state index contributed by atoms with van der Waals surface area (Å²) in [5.74, 6) is 0.358. The molecule has 0 amide bonds. The minimum atomic E-state index is 0.146. The van der Waals surface area contributed by atoms with Crippen LogP contribution < -0.4 is 11.1 Å². The number of pyridine rings is 2. The number of ketones is 1. The lowest BCUT2D eigenvalue weighted by molar-refractivity contribution is 0.0968. The maximum absolute atomic E-state index is 13.1. The summed E-state index contributed by atoms with van der Waals surface area (Å²) in [6.45, 7) is 0. The number of nitrogens with one attached hydrogen (secondary N) is 1. The molecule has 2 saturated carbocycles. The van der Waals surface area contributed by atoms with E-state index < -0.39 is 0 Å². The molecule has 0 unspecified atom stereocenters. The van der Waals surface area contributed by atoms with Gasteiger partial charge in [-0.2, -0.15) is 5.10 Å². The van der Waals surface area contributed by atoms with Crippen LogP contribution in [0.5, 0.6) is 0 Å². The van der Waals surface area contributed by atoms with Gasteiger partial charge in [0, 0.05) is 41.3 Å². The molecule has 2 aliphatic carbocycles. The Kier molecular flexibility index (Phi) is 4.64. The van der Waals surface area contributed by atoms with Crippen molar-refractivity contribution < 1.29 is 4.79 Å². The Morgan fingerprint density at radius 1 is 1.00 bits per heavy atom. The Balaban J connectivity index is 1.46. The first-order valence-corrected chi connectivity index (χ1v) is 11.4. The zero-order chi connectivity index (χ0) is 21.7. The van der Waals surface area contributed by atoms with Crippen LogP contribution in [0.3, 0.4) is 0 Å². The van der Waals surface area contributed by atoms with Crippen molar-refractivity contribution in [1.82, 2.24) is 19.6 Å². The van der Waals surface area contributed by atoms with Crippen LogP contribution in [0, 0.1) is 5.92 Å². The lowest BCUT2D eigenvalue weighted by Crippen LogP contribution is -2.33. The summed E-state index contributed by atoms with van der Waals surface area (Å²) in [6.07, 6.45) is 11.3. The first-order valence-electron chi connectivity index (χ1n) is 11.4. The Hall–Kier alpha value is -3.32. The highest BCUT2D eigenvalue weighted by Gasteiger charge is 2.33. The number of carbonyl (C=O) groups is 1. The summed E-state index contributed by atoms with van der Waals surface area (Å²) in [7, 11) is 0. The molecule has 2 fully saturated rings. The van der Waals surface area contributed by atoms with Crippen molar-refractivity contribution in [2.75, 3.05) is 5.32 Å². The molecule has 0 radical (unpaired) electrons. The number of Topliss-reactive ketones (excluding diaryl/α,β-unsaturated/α-hetero) is 1. The van der Waals surface area contributed by atoms with Gasteiger partial charge in [0.05, 0.1) is 16.8 Å².